The average Bonchev–Trinajstić information content (AvgIpc) is 2.46. The maximum atomic E-state index is 11.9. The first-order valence-electron chi connectivity index (χ1n) is 6.30. The highest BCUT2D eigenvalue weighted by Gasteiger charge is 2.20. The zero-order valence-corrected chi connectivity index (χ0v) is 10.6. The largest absolute Gasteiger partial charge is 0.481 e. The zero-order chi connectivity index (χ0) is 12.8. The minimum absolute atomic E-state index is 0.0542. The summed E-state index contributed by atoms with van der Waals surface area (Å²) < 4.78 is 5.15. The summed E-state index contributed by atoms with van der Waals surface area (Å²) >= 11 is 0. The lowest BCUT2D eigenvalue weighted by atomic mass is 10.0. The molecule has 1 fully saturated rings. The number of carbonyl (C=O) groups excluding carboxylic acids is 1. The van der Waals surface area contributed by atoms with Gasteiger partial charge in [0.15, 0.2) is 0 Å². The van der Waals surface area contributed by atoms with E-state index in [1.807, 2.05) is 12.1 Å². The molecule has 1 aromatic heterocycles. The third kappa shape index (κ3) is 3.20. The second-order valence-corrected chi connectivity index (χ2v) is 4.39. The Morgan fingerprint density at radius 2 is 2.50 bits per heavy atom. The minimum atomic E-state index is -0.0542. The van der Waals surface area contributed by atoms with Crippen LogP contribution in [0.5, 0.6) is 5.88 Å². The molecule has 98 valence electrons. The van der Waals surface area contributed by atoms with Gasteiger partial charge in [0, 0.05) is 18.3 Å². The molecule has 0 spiro atoms. The normalized spacial score (nSPS) is 19.3. The fourth-order valence-electron chi connectivity index (χ4n) is 2.12. The molecular weight excluding hydrogens is 230 g/mol. The highest BCUT2D eigenvalue weighted by molar-refractivity contribution is 5.81. The molecule has 0 saturated carbocycles. The Balaban J connectivity index is 1.88. The first-order chi connectivity index (χ1) is 8.81. The van der Waals surface area contributed by atoms with Crippen LogP contribution in [0.1, 0.15) is 24.8 Å². The second kappa shape index (κ2) is 6.35. The van der Waals surface area contributed by atoms with Crippen LogP contribution < -0.4 is 15.4 Å². The molecule has 5 heteroatoms. The van der Waals surface area contributed by atoms with Crippen molar-refractivity contribution in [3.8, 4) is 5.88 Å². The highest BCUT2D eigenvalue weighted by Crippen LogP contribution is 2.13. The van der Waals surface area contributed by atoms with Gasteiger partial charge in [0.25, 0.3) is 0 Å². The van der Waals surface area contributed by atoms with Crippen molar-refractivity contribution in [1.82, 2.24) is 15.6 Å². The fourth-order valence-corrected chi connectivity index (χ4v) is 2.12. The van der Waals surface area contributed by atoms with Gasteiger partial charge < -0.3 is 15.4 Å². The molecule has 1 aromatic rings. The maximum Gasteiger partial charge on any atom is 0.237 e. The van der Waals surface area contributed by atoms with Gasteiger partial charge in [-0.1, -0.05) is 12.5 Å². The molecule has 0 radical (unpaired) electrons. The Hall–Kier alpha value is -1.62. The molecule has 1 amide bonds. The van der Waals surface area contributed by atoms with E-state index in [9.17, 15) is 4.79 Å². The van der Waals surface area contributed by atoms with Gasteiger partial charge in [0.2, 0.25) is 11.8 Å². The summed E-state index contributed by atoms with van der Waals surface area (Å²) in [7, 11) is 1.58. The number of rotatable bonds is 4. The molecular formula is C13H19N3O2. The third-order valence-corrected chi connectivity index (χ3v) is 3.12. The Morgan fingerprint density at radius 3 is 3.22 bits per heavy atom. The van der Waals surface area contributed by atoms with Crippen molar-refractivity contribution in [3.63, 3.8) is 0 Å². The topological polar surface area (TPSA) is 63.2 Å². The predicted molar refractivity (Wildman–Crippen MR) is 68.3 cm³/mol. The van der Waals surface area contributed by atoms with Gasteiger partial charge in [0.05, 0.1) is 13.2 Å². The zero-order valence-electron chi connectivity index (χ0n) is 10.6. The lowest BCUT2D eigenvalue weighted by molar-refractivity contribution is -0.123. The van der Waals surface area contributed by atoms with Crippen LogP contribution >= 0.6 is 0 Å². The van der Waals surface area contributed by atoms with E-state index in [0.29, 0.717) is 12.4 Å². The molecule has 2 heterocycles. The molecule has 1 saturated heterocycles. The minimum Gasteiger partial charge on any atom is -0.481 e. The molecule has 2 rings (SSSR count). The number of nitrogens with one attached hydrogen (secondary N) is 2. The standard InChI is InChI=1S/C13H19N3O2/c1-18-13-10(5-4-8-15-13)9-16-12(17)11-6-2-3-7-14-11/h4-5,8,11,14H,2-3,6-7,9H2,1H3,(H,16,17). The number of carbonyl (C=O) groups is 1. The van der Waals surface area contributed by atoms with Crippen LogP contribution in [-0.4, -0.2) is 30.6 Å². The molecule has 18 heavy (non-hydrogen) atoms. The number of amides is 1. The number of hydrogen-bond donors (Lipinski definition) is 2. The summed E-state index contributed by atoms with van der Waals surface area (Å²) in [6, 6.07) is 3.69. The van der Waals surface area contributed by atoms with Gasteiger partial charge in [-0.3, -0.25) is 4.79 Å². The van der Waals surface area contributed by atoms with Crippen LogP contribution in [-0.2, 0) is 11.3 Å². The number of methoxy groups -OCH3 is 1. The monoisotopic (exact) mass is 249 g/mol. The van der Waals surface area contributed by atoms with E-state index >= 15 is 0 Å². The van der Waals surface area contributed by atoms with E-state index in [2.05, 4.69) is 15.6 Å². The number of piperidine rings is 1. The Bertz CT molecular complexity index is 403. The summed E-state index contributed by atoms with van der Waals surface area (Å²) in [5.74, 6) is 0.620. The van der Waals surface area contributed by atoms with E-state index in [-0.39, 0.29) is 11.9 Å². The lowest BCUT2D eigenvalue weighted by Gasteiger charge is -2.22. The van der Waals surface area contributed by atoms with Gasteiger partial charge >= 0.3 is 0 Å². The molecule has 2 N–H and O–H groups in total. The van der Waals surface area contributed by atoms with Crippen molar-refractivity contribution in [3.05, 3.63) is 23.9 Å². The van der Waals surface area contributed by atoms with Gasteiger partial charge in [0.1, 0.15) is 0 Å². The number of nitrogens with zero attached hydrogens (tertiary/aromatic N) is 1. The molecule has 1 atom stereocenters. The van der Waals surface area contributed by atoms with Crippen molar-refractivity contribution in [2.24, 2.45) is 0 Å². The van der Waals surface area contributed by atoms with Gasteiger partial charge in [-0.05, 0) is 25.5 Å². The number of aromatic nitrogens is 1. The van der Waals surface area contributed by atoms with E-state index < -0.39 is 0 Å². The highest BCUT2D eigenvalue weighted by atomic mass is 16.5. The fraction of sp³-hybridized carbons (Fsp3) is 0.538. The molecule has 0 aromatic carbocycles. The SMILES string of the molecule is COc1ncccc1CNC(=O)C1CCCCN1. The van der Waals surface area contributed by atoms with Gasteiger partial charge in [-0.25, -0.2) is 4.98 Å². The van der Waals surface area contributed by atoms with Crippen molar-refractivity contribution in [1.29, 1.82) is 0 Å². The summed E-state index contributed by atoms with van der Waals surface area (Å²) in [4.78, 5) is 16.0. The van der Waals surface area contributed by atoms with E-state index in [1.54, 1.807) is 13.3 Å². The van der Waals surface area contributed by atoms with E-state index in [0.717, 1.165) is 31.4 Å². The number of ether oxygens (including phenoxy) is 1. The molecule has 1 aliphatic rings. The average molecular weight is 249 g/mol. The molecule has 0 bridgehead atoms. The van der Waals surface area contributed by atoms with Crippen molar-refractivity contribution in [2.45, 2.75) is 31.8 Å². The summed E-state index contributed by atoms with van der Waals surface area (Å²) in [6.07, 6.45) is 4.85. The second-order valence-electron chi connectivity index (χ2n) is 4.39. The quantitative estimate of drug-likeness (QED) is 0.830. The van der Waals surface area contributed by atoms with E-state index in [1.165, 1.54) is 0 Å². The molecule has 1 unspecified atom stereocenters. The van der Waals surface area contributed by atoms with Gasteiger partial charge in [-0.2, -0.15) is 0 Å². The number of hydrogen-bond acceptors (Lipinski definition) is 4. The van der Waals surface area contributed by atoms with Crippen LogP contribution in [0.4, 0.5) is 0 Å². The smallest absolute Gasteiger partial charge is 0.237 e. The van der Waals surface area contributed by atoms with Crippen LogP contribution in [0.15, 0.2) is 18.3 Å². The summed E-state index contributed by atoms with van der Waals surface area (Å²) in [6.45, 7) is 1.38. The number of pyridine rings is 1. The maximum absolute atomic E-state index is 11.9. The van der Waals surface area contributed by atoms with Crippen LogP contribution in [0.25, 0.3) is 0 Å². The van der Waals surface area contributed by atoms with E-state index in [4.69, 9.17) is 4.74 Å². The van der Waals surface area contributed by atoms with Gasteiger partial charge in [-0.15, -0.1) is 0 Å². The van der Waals surface area contributed by atoms with Crippen LogP contribution in [0.3, 0.4) is 0 Å². The summed E-state index contributed by atoms with van der Waals surface area (Å²) in [5.41, 5.74) is 0.893. The third-order valence-electron chi connectivity index (χ3n) is 3.12. The lowest BCUT2D eigenvalue weighted by Crippen LogP contribution is -2.46. The first kappa shape index (κ1) is 12.8. The Labute approximate surface area is 107 Å². The Kier molecular flexibility index (Phi) is 4.52. The van der Waals surface area contributed by atoms with Crippen LogP contribution in [0.2, 0.25) is 0 Å². The summed E-state index contributed by atoms with van der Waals surface area (Å²) in [5, 5.41) is 6.15. The molecule has 0 aliphatic carbocycles. The van der Waals surface area contributed by atoms with Crippen molar-refractivity contribution in [2.75, 3.05) is 13.7 Å². The van der Waals surface area contributed by atoms with Crippen LogP contribution in [0, 0.1) is 0 Å². The Morgan fingerprint density at radius 1 is 1.61 bits per heavy atom. The predicted octanol–water partition coefficient (Wildman–Crippen LogP) is 0.848. The molecule has 5 nitrogen and oxygen atoms in total. The molecule has 1 aliphatic heterocycles. The van der Waals surface area contributed by atoms with Crippen molar-refractivity contribution >= 4 is 5.91 Å². The first-order valence-corrected chi connectivity index (χ1v) is 6.30. The van der Waals surface area contributed by atoms with Crippen molar-refractivity contribution < 1.29 is 9.53 Å².